The van der Waals surface area contributed by atoms with E-state index in [0.717, 1.165) is 0 Å². The van der Waals surface area contributed by atoms with Crippen molar-refractivity contribution in [2.75, 3.05) is 26.3 Å². The lowest BCUT2D eigenvalue weighted by Gasteiger charge is -2.07. The van der Waals surface area contributed by atoms with Crippen LogP contribution in [0.5, 0.6) is 0 Å². The molecule has 0 radical (unpaired) electrons. The first-order valence-electron chi connectivity index (χ1n) is 6.17. The van der Waals surface area contributed by atoms with Crippen LogP contribution in [0.4, 0.5) is 8.78 Å². The lowest BCUT2D eigenvalue weighted by Crippen LogP contribution is -2.27. The minimum atomic E-state index is -2.51. The Bertz CT molecular complexity index is 542. The number of ether oxygens (including phenoxy) is 1. The zero-order chi connectivity index (χ0) is 15.7. The lowest BCUT2D eigenvalue weighted by atomic mass is 10.1. The number of carbonyl (C=O) groups excluding carboxylic acids is 1. The van der Waals surface area contributed by atoms with Crippen molar-refractivity contribution in [1.29, 1.82) is 0 Å². The highest BCUT2D eigenvalue weighted by atomic mass is 35.5. The summed E-state index contributed by atoms with van der Waals surface area (Å²) in [5, 5.41) is 2.88. The summed E-state index contributed by atoms with van der Waals surface area (Å²) in [6, 6.07) is 4.67. The fourth-order valence-corrected chi connectivity index (χ4v) is 1.64. The molecule has 0 fully saturated rings. The second-order valence-corrected chi connectivity index (χ2v) is 4.33. The molecule has 0 saturated carbocycles. The van der Waals surface area contributed by atoms with E-state index in [1.54, 1.807) is 12.1 Å². The topological polar surface area (TPSA) is 64.4 Å². The van der Waals surface area contributed by atoms with Gasteiger partial charge in [-0.1, -0.05) is 23.4 Å². The number of halogens is 3. The van der Waals surface area contributed by atoms with E-state index in [-0.39, 0.29) is 25.6 Å². The average molecular weight is 317 g/mol. The maximum atomic E-state index is 11.8. The Balaban J connectivity index is 2.49. The summed E-state index contributed by atoms with van der Waals surface area (Å²) >= 11 is 6.00. The zero-order valence-corrected chi connectivity index (χ0v) is 11.9. The number of hydrogen-bond donors (Lipinski definition) is 2. The number of hydrogen-bond acceptors (Lipinski definition) is 3. The third-order valence-corrected chi connectivity index (χ3v) is 2.64. The van der Waals surface area contributed by atoms with Gasteiger partial charge in [0.05, 0.1) is 18.2 Å². The van der Waals surface area contributed by atoms with Crippen LogP contribution in [0, 0.1) is 11.8 Å². The monoisotopic (exact) mass is 316 g/mol. The molecular formula is C14H15ClF2N2O2. The van der Waals surface area contributed by atoms with Crippen molar-refractivity contribution in [1.82, 2.24) is 5.32 Å². The van der Waals surface area contributed by atoms with E-state index in [9.17, 15) is 13.6 Å². The van der Waals surface area contributed by atoms with Crippen LogP contribution in [-0.4, -0.2) is 38.6 Å². The summed E-state index contributed by atoms with van der Waals surface area (Å²) < 4.78 is 28.3. The van der Waals surface area contributed by atoms with E-state index in [2.05, 4.69) is 21.9 Å². The highest BCUT2D eigenvalue weighted by molar-refractivity contribution is 6.32. The largest absolute Gasteiger partial charge is 0.374 e. The number of alkyl halides is 2. The Morgan fingerprint density at radius 2 is 2.24 bits per heavy atom. The molecule has 0 aliphatic carbocycles. The molecule has 0 aliphatic heterocycles. The second-order valence-electron chi connectivity index (χ2n) is 3.92. The fraction of sp³-hybridized carbons (Fsp3) is 0.357. The molecule has 3 N–H and O–H groups in total. The van der Waals surface area contributed by atoms with Crippen LogP contribution in [0.2, 0.25) is 5.02 Å². The van der Waals surface area contributed by atoms with E-state index < -0.39 is 13.0 Å². The smallest absolute Gasteiger partial charge is 0.261 e. The minimum absolute atomic E-state index is 0.0177. The number of benzene rings is 1. The summed E-state index contributed by atoms with van der Waals surface area (Å²) in [6.07, 6.45) is -2.51. The first-order valence-corrected chi connectivity index (χ1v) is 6.55. The minimum Gasteiger partial charge on any atom is -0.374 e. The molecule has 0 atom stereocenters. The predicted molar refractivity (Wildman–Crippen MR) is 76.5 cm³/mol. The quantitative estimate of drug-likeness (QED) is 0.620. The summed E-state index contributed by atoms with van der Waals surface area (Å²) in [4.78, 5) is 11.8. The molecule has 21 heavy (non-hydrogen) atoms. The van der Waals surface area contributed by atoms with Crippen molar-refractivity contribution in [2.24, 2.45) is 5.73 Å². The van der Waals surface area contributed by atoms with Gasteiger partial charge in [-0.25, -0.2) is 8.78 Å². The third kappa shape index (κ3) is 6.54. The summed E-state index contributed by atoms with van der Waals surface area (Å²) in [5.41, 5.74) is 6.20. The Morgan fingerprint density at radius 3 is 2.86 bits per heavy atom. The first-order chi connectivity index (χ1) is 10.0. The molecule has 0 aliphatic rings. The van der Waals surface area contributed by atoms with Gasteiger partial charge < -0.3 is 15.8 Å². The van der Waals surface area contributed by atoms with Crippen LogP contribution in [0.15, 0.2) is 18.2 Å². The van der Waals surface area contributed by atoms with E-state index in [4.69, 9.17) is 17.3 Å². The second kappa shape index (κ2) is 9.29. The van der Waals surface area contributed by atoms with Gasteiger partial charge in [-0.2, -0.15) is 0 Å². The third-order valence-electron chi connectivity index (χ3n) is 2.33. The molecule has 1 aromatic rings. The number of rotatable bonds is 6. The Labute approximate surface area is 126 Å². The molecule has 0 aromatic heterocycles. The number of nitrogens with one attached hydrogen (secondary N) is 1. The molecule has 0 bridgehead atoms. The van der Waals surface area contributed by atoms with Crippen molar-refractivity contribution < 1.29 is 18.3 Å². The Kier molecular flexibility index (Phi) is 7.69. The molecule has 0 unspecified atom stereocenters. The van der Waals surface area contributed by atoms with Crippen LogP contribution in [0.25, 0.3) is 0 Å². The van der Waals surface area contributed by atoms with E-state index in [0.29, 0.717) is 16.1 Å². The predicted octanol–water partition coefficient (Wildman–Crippen LogP) is 1.66. The Hall–Kier alpha value is -1.68. The van der Waals surface area contributed by atoms with Gasteiger partial charge in [0, 0.05) is 17.7 Å². The van der Waals surface area contributed by atoms with E-state index in [1.165, 1.54) is 6.07 Å². The fourth-order valence-electron chi connectivity index (χ4n) is 1.42. The van der Waals surface area contributed by atoms with Crippen LogP contribution in [0.1, 0.15) is 15.9 Å². The average Bonchev–Trinajstić information content (AvgIpc) is 2.45. The van der Waals surface area contributed by atoms with Crippen LogP contribution >= 0.6 is 11.6 Å². The number of carbonyl (C=O) groups is 1. The normalized spacial score (nSPS) is 10.1. The maximum absolute atomic E-state index is 11.8. The van der Waals surface area contributed by atoms with Crippen molar-refractivity contribution in [3.8, 4) is 11.8 Å². The molecule has 1 amide bonds. The SMILES string of the molecule is NCC#Cc1ccc(C(=O)NCCOCC(F)F)cc1Cl. The molecule has 1 rings (SSSR count). The van der Waals surface area contributed by atoms with Crippen molar-refractivity contribution in [2.45, 2.75) is 6.43 Å². The van der Waals surface area contributed by atoms with Gasteiger partial charge >= 0.3 is 0 Å². The van der Waals surface area contributed by atoms with Gasteiger partial charge in [0.2, 0.25) is 0 Å². The van der Waals surface area contributed by atoms with Crippen molar-refractivity contribution in [3.63, 3.8) is 0 Å². The molecule has 0 heterocycles. The van der Waals surface area contributed by atoms with E-state index >= 15 is 0 Å². The lowest BCUT2D eigenvalue weighted by molar-refractivity contribution is 0.0188. The van der Waals surface area contributed by atoms with Gasteiger partial charge in [0.25, 0.3) is 12.3 Å². The van der Waals surface area contributed by atoms with Crippen LogP contribution in [-0.2, 0) is 4.74 Å². The summed E-state index contributed by atoms with van der Waals surface area (Å²) in [6.45, 7) is -0.269. The van der Waals surface area contributed by atoms with E-state index in [1.807, 2.05) is 0 Å². The summed E-state index contributed by atoms with van der Waals surface area (Å²) in [7, 11) is 0. The molecule has 0 saturated heterocycles. The maximum Gasteiger partial charge on any atom is 0.261 e. The molecule has 0 spiro atoms. The van der Waals surface area contributed by atoms with Gasteiger partial charge in [-0.15, -0.1) is 0 Å². The highest BCUT2D eigenvalue weighted by Gasteiger charge is 2.08. The van der Waals surface area contributed by atoms with Gasteiger partial charge in [-0.05, 0) is 18.2 Å². The zero-order valence-electron chi connectivity index (χ0n) is 11.2. The first kappa shape index (κ1) is 17.4. The van der Waals surface area contributed by atoms with Crippen molar-refractivity contribution >= 4 is 17.5 Å². The molecule has 1 aromatic carbocycles. The van der Waals surface area contributed by atoms with Gasteiger partial charge in [0.1, 0.15) is 6.61 Å². The molecular weight excluding hydrogens is 302 g/mol. The standard InChI is InChI=1S/C14H15ClF2N2O2/c15-12-8-11(4-3-10(12)2-1-5-18)14(20)19-6-7-21-9-13(16)17/h3-4,8,13H,5-7,9,18H2,(H,19,20). The van der Waals surface area contributed by atoms with Crippen molar-refractivity contribution in [3.05, 3.63) is 34.3 Å². The van der Waals surface area contributed by atoms with Gasteiger partial charge in [-0.3, -0.25) is 4.79 Å². The number of nitrogens with two attached hydrogens (primary N) is 1. The molecule has 114 valence electrons. The van der Waals surface area contributed by atoms with Crippen LogP contribution < -0.4 is 11.1 Å². The van der Waals surface area contributed by atoms with Crippen LogP contribution in [0.3, 0.4) is 0 Å². The Morgan fingerprint density at radius 1 is 1.48 bits per heavy atom. The molecule has 7 heteroatoms. The summed E-state index contributed by atoms with van der Waals surface area (Å²) in [5.74, 6) is 5.08. The number of amides is 1. The molecule has 4 nitrogen and oxygen atoms in total. The van der Waals surface area contributed by atoms with Gasteiger partial charge in [0.15, 0.2) is 0 Å². The highest BCUT2D eigenvalue weighted by Crippen LogP contribution is 2.16.